The molecule has 0 amide bonds. The molecule has 2 aliphatic rings. The van der Waals surface area contributed by atoms with Crippen molar-refractivity contribution < 1.29 is 0 Å². The summed E-state index contributed by atoms with van der Waals surface area (Å²) in [6.07, 6.45) is 10.00. The Kier molecular flexibility index (Phi) is 3.46. The van der Waals surface area contributed by atoms with E-state index in [2.05, 4.69) is 22.4 Å². The van der Waals surface area contributed by atoms with Crippen molar-refractivity contribution in [2.24, 2.45) is 0 Å². The molecule has 21 heavy (non-hydrogen) atoms. The molecule has 2 aromatic heterocycles. The van der Waals surface area contributed by atoms with Crippen LogP contribution in [0, 0.1) is 0 Å². The normalized spacial score (nSPS) is 27.7. The first-order chi connectivity index (χ1) is 10.3. The third-order valence-electron chi connectivity index (χ3n) is 5.24. The summed E-state index contributed by atoms with van der Waals surface area (Å²) in [6.45, 7) is 3.35. The maximum absolute atomic E-state index is 4.92. The summed E-state index contributed by atoms with van der Waals surface area (Å²) < 4.78 is 2.04. The van der Waals surface area contributed by atoms with Gasteiger partial charge in [-0.3, -0.25) is 0 Å². The number of nitrogens with zero attached hydrogens (tertiary/aromatic N) is 4. The monoisotopic (exact) mass is 305 g/mol. The third kappa shape index (κ3) is 2.19. The van der Waals surface area contributed by atoms with Crippen LogP contribution in [0.5, 0.6) is 0 Å². The summed E-state index contributed by atoms with van der Waals surface area (Å²) in [6, 6.07) is 0. The van der Waals surface area contributed by atoms with Gasteiger partial charge in [-0.15, -0.1) is 10.2 Å². The van der Waals surface area contributed by atoms with Crippen LogP contribution in [0.25, 0.3) is 4.96 Å². The topological polar surface area (TPSA) is 55.1 Å². The summed E-state index contributed by atoms with van der Waals surface area (Å²) in [7, 11) is 0. The molecule has 1 saturated carbocycles. The first kappa shape index (κ1) is 13.6. The molecule has 1 aliphatic carbocycles. The quantitative estimate of drug-likeness (QED) is 0.946. The van der Waals surface area contributed by atoms with Gasteiger partial charge >= 0.3 is 0 Å². The summed E-state index contributed by atoms with van der Waals surface area (Å²) in [4.78, 5) is 0.965. The first-order valence-electron chi connectivity index (χ1n) is 8.30. The Bertz CT molecular complexity index is 619. The maximum atomic E-state index is 4.92. The summed E-state index contributed by atoms with van der Waals surface area (Å²) in [5.74, 6) is 1.65. The maximum Gasteiger partial charge on any atom is 0.234 e. The van der Waals surface area contributed by atoms with Gasteiger partial charge in [0.05, 0.1) is 5.54 Å². The molecule has 0 aromatic carbocycles. The molecule has 1 unspecified atom stereocenters. The van der Waals surface area contributed by atoms with Crippen LogP contribution in [0.4, 0.5) is 0 Å². The van der Waals surface area contributed by atoms with Crippen LogP contribution in [0.15, 0.2) is 0 Å². The second-order valence-corrected chi connectivity index (χ2v) is 7.42. The molecule has 0 bridgehead atoms. The van der Waals surface area contributed by atoms with Gasteiger partial charge in [-0.2, -0.15) is 9.61 Å². The van der Waals surface area contributed by atoms with E-state index < -0.39 is 0 Å². The summed E-state index contributed by atoms with van der Waals surface area (Å²) >= 11 is 1.72. The number of nitrogens with one attached hydrogen (secondary N) is 1. The lowest BCUT2D eigenvalue weighted by molar-refractivity contribution is 0.368. The zero-order chi connectivity index (χ0) is 14.3. The van der Waals surface area contributed by atoms with Crippen LogP contribution in [0.3, 0.4) is 0 Å². The van der Waals surface area contributed by atoms with Crippen molar-refractivity contribution in [3.63, 3.8) is 0 Å². The van der Waals surface area contributed by atoms with E-state index >= 15 is 0 Å². The first-order valence-corrected chi connectivity index (χ1v) is 9.12. The lowest BCUT2D eigenvalue weighted by atomic mass is 9.89. The van der Waals surface area contributed by atoms with Crippen molar-refractivity contribution in [2.45, 2.75) is 69.7 Å². The zero-order valence-electron chi connectivity index (χ0n) is 12.6. The standard InChI is InChI=1S/C15H23N5S/c1-2-15(9-6-10-16-15)13-19-20-12(17-18-14(20)21-13)11-7-4-3-5-8-11/h11,16H,2-10H2,1H3. The highest BCUT2D eigenvalue weighted by atomic mass is 32.1. The SMILES string of the molecule is CCC1(c2nn3c(C4CCCCC4)nnc3s2)CCCN1. The van der Waals surface area contributed by atoms with E-state index in [1.54, 1.807) is 11.3 Å². The molecule has 1 saturated heterocycles. The fourth-order valence-electron chi connectivity index (χ4n) is 3.88. The molecular weight excluding hydrogens is 282 g/mol. The smallest absolute Gasteiger partial charge is 0.234 e. The van der Waals surface area contributed by atoms with Gasteiger partial charge in [-0.05, 0) is 38.6 Å². The average Bonchev–Trinajstić information content (AvgIpc) is 3.23. The van der Waals surface area contributed by atoms with E-state index in [4.69, 9.17) is 5.10 Å². The van der Waals surface area contributed by atoms with Gasteiger partial charge in [0.25, 0.3) is 0 Å². The van der Waals surface area contributed by atoms with Crippen molar-refractivity contribution in [1.82, 2.24) is 25.1 Å². The van der Waals surface area contributed by atoms with Crippen LogP contribution < -0.4 is 5.32 Å². The second kappa shape index (κ2) is 5.32. The lowest BCUT2D eigenvalue weighted by Crippen LogP contribution is -2.36. The highest BCUT2D eigenvalue weighted by molar-refractivity contribution is 7.16. The molecule has 3 heterocycles. The van der Waals surface area contributed by atoms with Crippen LogP contribution in [-0.4, -0.2) is 26.4 Å². The highest BCUT2D eigenvalue weighted by Gasteiger charge is 2.37. The fourth-order valence-corrected chi connectivity index (χ4v) is 4.99. The minimum absolute atomic E-state index is 0.0786. The van der Waals surface area contributed by atoms with Gasteiger partial charge in [-0.25, -0.2) is 0 Å². The average molecular weight is 305 g/mol. The van der Waals surface area contributed by atoms with Crippen molar-refractivity contribution >= 4 is 16.3 Å². The largest absolute Gasteiger partial charge is 0.305 e. The molecule has 0 radical (unpaired) electrons. The Labute approximate surface area is 129 Å². The van der Waals surface area contributed by atoms with Crippen LogP contribution in [-0.2, 0) is 5.54 Å². The Balaban J connectivity index is 1.71. The molecule has 1 N–H and O–H groups in total. The van der Waals surface area contributed by atoms with Crippen molar-refractivity contribution in [3.8, 4) is 0 Å². The minimum Gasteiger partial charge on any atom is -0.305 e. The molecule has 4 rings (SSSR count). The molecule has 2 aromatic rings. The molecule has 1 atom stereocenters. The summed E-state index contributed by atoms with van der Waals surface area (Å²) in [5.41, 5.74) is 0.0786. The summed E-state index contributed by atoms with van der Waals surface area (Å²) in [5, 5.41) is 18.6. The highest BCUT2D eigenvalue weighted by Crippen LogP contribution is 2.38. The Hall–Kier alpha value is -1.01. The van der Waals surface area contributed by atoms with Crippen molar-refractivity contribution in [3.05, 3.63) is 10.8 Å². The van der Waals surface area contributed by atoms with E-state index in [1.165, 1.54) is 50.0 Å². The van der Waals surface area contributed by atoms with E-state index in [0.717, 1.165) is 23.8 Å². The van der Waals surface area contributed by atoms with E-state index in [0.29, 0.717) is 5.92 Å². The number of rotatable bonds is 3. The Morgan fingerprint density at radius 3 is 2.81 bits per heavy atom. The predicted molar refractivity (Wildman–Crippen MR) is 83.7 cm³/mol. The number of hydrogen-bond donors (Lipinski definition) is 1. The van der Waals surface area contributed by atoms with Gasteiger partial charge in [0, 0.05) is 5.92 Å². The fraction of sp³-hybridized carbons (Fsp3) is 0.800. The molecule has 2 fully saturated rings. The van der Waals surface area contributed by atoms with Gasteiger partial charge in [-0.1, -0.05) is 37.5 Å². The van der Waals surface area contributed by atoms with Gasteiger partial charge in [0.2, 0.25) is 4.96 Å². The number of aromatic nitrogens is 4. The van der Waals surface area contributed by atoms with Crippen LogP contribution in [0.1, 0.15) is 75.0 Å². The molecular formula is C15H23N5S. The molecule has 5 nitrogen and oxygen atoms in total. The molecule has 114 valence electrons. The second-order valence-electron chi connectivity index (χ2n) is 6.46. The minimum atomic E-state index is 0.0786. The van der Waals surface area contributed by atoms with Crippen LogP contribution >= 0.6 is 11.3 Å². The van der Waals surface area contributed by atoms with E-state index in [9.17, 15) is 0 Å². The third-order valence-corrected chi connectivity index (χ3v) is 6.34. The number of fused-ring (bicyclic) bond motifs is 1. The number of hydrogen-bond acceptors (Lipinski definition) is 5. The van der Waals surface area contributed by atoms with E-state index in [1.807, 2.05) is 4.52 Å². The Morgan fingerprint density at radius 2 is 2.10 bits per heavy atom. The van der Waals surface area contributed by atoms with Gasteiger partial charge < -0.3 is 5.32 Å². The molecule has 6 heteroatoms. The van der Waals surface area contributed by atoms with E-state index in [-0.39, 0.29) is 5.54 Å². The molecule has 1 aliphatic heterocycles. The predicted octanol–water partition coefficient (Wildman–Crippen LogP) is 3.22. The lowest BCUT2D eigenvalue weighted by Gasteiger charge is -2.24. The molecule has 0 spiro atoms. The van der Waals surface area contributed by atoms with Gasteiger partial charge in [0.15, 0.2) is 5.82 Å². The Morgan fingerprint density at radius 1 is 1.24 bits per heavy atom. The van der Waals surface area contributed by atoms with Gasteiger partial charge in [0.1, 0.15) is 5.01 Å². The zero-order valence-corrected chi connectivity index (χ0v) is 13.5. The van der Waals surface area contributed by atoms with Crippen molar-refractivity contribution in [2.75, 3.05) is 6.54 Å². The van der Waals surface area contributed by atoms with Crippen LogP contribution in [0.2, 0.25) is 0 Å². The van der Waals surface area contributed by atoms with Crippen molar-refractivity contribution in [1.29, 1.82) is 0 Å².